The van der Waals surface area contributed by atoms with Gasteiger partial charge in [0.2, 0.25) is 0 Å². The largest absolute Gasteiger partial charge is 0.493 e. The molecule has 0 aliphatic rings. The molecule has 1 N–H and O–H groups in total. The summed E-state index contributed by atoms with van der Waals surface area (Å²) in [4.78, 5) is 0. The highest BCUT2D eigenvalue weighted by Crippen LogP contribution is 2.29. The molecule has 3 nitrogen and oxygen atoms in total. The maximum atomic E-state index is 8.78. The molecule has 2 rings (SSSR count). The zero-order valence-corrected chi connectivity index (χ0v) is 11.5. The third-order valence-electron chi connectivity index (χ3n) is 2.84. The minimum atomic E-state index is 0.0224. The van der Waals surface area contributed by atoms with Crippen molar-refractivity contribution in [1.29, 1.82) is 0 Å². The van der Waals surface area contributed by atoms with Crippen LogP contribution in [0.5, 0.6) is 11.5 Å². The topological polar surface area (TPSA) is 38.7 Å². The third-order valence-corrected chi connectivity index (χ3v) is 2.84. The first-order chi connectivity index (χ1) is 9.83. The summed E-state index contributed by atoms with van der Waals surface area (Å²) in [6.07, 6.45) is 3.52. The summed E-state index contributed by atoms with van der Waals surface area (Å²) in [7, 11) is 1.62. The maximum absolute atomic E-state index is 8.78. The second-order valence-corrected chi connectivity index (χ2v) is 4.27. The number of aliphatic hydroxyl groups is 1. The summed E-state index contributed by atoms with van der Waals surface area (Å²) < 4.78 is 11.1. The first-order valence-corrected chi connectivity index (χ1v) is 6.45. The van der Waals surface area contributed by atoms with Crippen molar-refractivity contribution >= 4 is 6.08 Å². The predicted molar refractivity (Wildman–Crippen MR) is 79.9 cm³/mol. The Kier molecular flexibility index (Phi) is 5.21. The summed E-state index contributed by atoms with van der Waals surface area (Å²) in [5.41, 5.74) is 2.07. The summed E-state index contributed by atoms with van der Waals surface area (Å²) >= 11 is 0. The number of aliphatic hydroxyl groups excluding tert-OH is 1. The van der Waals surface area contributed by atoms with Gasteiger partial charge in [-0.25, -0.2) is 0 Å². The molecule has 2 aromatic carbocycles. The molecule has 0 aliphatic carbocycles. The van der Waals surface area contributed by atoms with Gasteiger partial charge in [-0.05, 0) is 23.3 Å². The third kappa shape index (κ3) is 3.87. The van der Waals surface area contributed by atoms with E-state index in [9.17, 15) is 0 Å². The number of ether oxygens (including phenoxy) is 2. The van der Waals surface area contributed by atoms with Gasteiger partial charge in [0.1, 0.15) is 6.61 Å². The lowest BCUT2D eigenvalue weighted by atomic mass is 10.2. The summed E-state index contributed by atoms with van der Waals surface area (Å²) in [5, 5.41) is 8.78. The predicted octanol–water partition coefficient (Wildman–Crippen LogP) is 3.28. The molecule has 0 aliphatic heterocycles. The Labute approximate surface area is 119 Å². The monoisotopic (exact) mass is 270 g/mol. The van der Waals surface area contributed by atoms with Gasteiger partial charge < -0.3 is 14.6 Å². The van der Waals surface area contributed by atoms with Crippen LogP contribution < -0.4 is 9.47 Å². The molecule has 0 saturated carbocycles. The van der Waals surface area contributed by atoms with Gasteiger partial charge in [0.25, 0.3) is 0 Å². The smallest absolute Gasteiger partial charge is 0.161 e. The highest BCUT2D eigenvalue weighted by molar-refractivity contribution is 5.55. The van der Waals surface area contributed by atoms with Crippen LogP contribution in [-0.4, -0.2) is 18.8 Å². The molecule has 0 heterocycles. The van der Waals surface area contributed by atoms with E-state index in [1.807, 2.05) is 54.6 Å². The van der Waals surface area contributed by atoms with Crippen molar-refractivity contribution in [2.24, 2.45) is 0 Å². The summed E-state index contributed by atoms with van der Waals surface area (Å²) in [5.74, 6) is 1.39. The highest BCUT2D eigenvalue weighted by atomic mass is 16.5. The Balaban J connectivity index is 2.09. The number of methoxy groups -OCH3 is 1. The van der Waals surface area contributed by atoms with E-state index in [0.717, 1.165) is 11.1 Å². The molecule has 0 aromatic heterocycles. The van der Waals surface area contributed by atoms with Crippen LogP contribution in [0, 0.1) is 0 Å². The van der Waals surface area contributed by atoms with Crippen molar-refractivity contribution in [3.8, 4) is 11.5 Å². The Morgan fingerprint density at radius 1 is 1.05 bits per heavy atom. The quantitative estimate of drug-likeness (QED) is 0.875. The normalized spacial score (nSPS) is 10.7. The van der Waals surface area contributed by atoms with Gasteiger partial charge in [0, 0.05) is 0 Å². The maximum Gasteiger partial charge on any atom is 0.161 e. The van der Waals surface area contributed by atoms with Gasteiger partial charge in [-0.15, -0.1) is 0 Å². The SMILES string of the molecule is COc1cc(C=CCO)ccc1OCc1ccccc1. The Morgan fingerprint density at radius 2 is 1.85 bits per heavy atom. The fraction of sp³-hybridized carbons (Fsp3) is 0.176. The van der Waals surface area contributed by atoms with Gasteiger partial charge in [0.05, 0.1) is 13.7 Å². The minimum Gasteiger partial charge on any atom is -0.493 e. The molecule has 104 valence electrons. The number of rotatable bonds is 6. The first-order valence-electron chi connectivity index (χ1n) is 6.45. The molecular formula is C17H18O3. The van der Waals surface area contributed by atoms with E-state index in [0.29, 0.717) is 18.1 Å². The van der Waals surface area contributed by atoms with Gasteiger partial charge in [-0.2, -0.15) is 0 Å². The average molecular weight is 270 g/mol. The van der Waals surface area contributed by atoms with Crippen LogP contribution in [0.25, 0.3) is 6.08 Å². The van der Waals surface area contributed by atoms with Crippen molar-refractivity contribution in [1.82, 2.24) is 0 Å². The molecule has 0 radical (unpaired) electrons. The van der Waals surface area contributed by atoms with E-state index in [1.165, 1.54) is 0 Å². The second kappa shape index (κ2) is 7.36. The van der Waals surface area contributed by atoms with E-state index in [4.69, 9.17) is 14.6 Å². The van der Waals surface area contributed by atoms with Crippen LogP contribution in [0.3, 0.4) is 0 Å². The van der Waals surface area contributed by atoms with E-state index >= 15 is 0 Å². The lowest BCUT2D eigenvalue weighted by Crippen LogP contribution is -1.97. The zero-order chi connectivity index (χ0) is 14.2. The standard InChI is InChI=1S/C17H18O3/c1-19-17-12-14(8-5-11-18)9-10-16(17)20-13-15-6-3-2-4-7-15/h2-10,12,18H,11,13H2,1H3. The number of benzene rings is 2. The average Bonchev–Trinajstić information content (AvgIpc) is 2.52. The number of hydrogen-bond donors (Lipinski definition) is 1. The minimum absolute atomic E-state index is 0.0224. The molecule has 3 heteroatoms. The van der Waals surface area contributed by atoms with Gasteiger partial charge in [-0.1, -0.05) is 48.6 Å². The fourth-order valence-corrected chi connectivity index (χ4v) is 1.83. The molecule has 0 fully saturated rings. The molecule has 0 bridgehead atoms. The van der Waals surface area contributed by atoms with Crippen LogP contribution in [0.15, 0.2) is 54.6 Å². The molecule has 20 heavy (non-hydrogen) atoms. The van der Waals surface area contributed by atoms with E-state index in [-0.39, 0.29) is 6.61 Å². The van der Waals surface area contributed by atoms with Crippen LogP contribution in [0.2, 0.25) is 0 Å². The van der Waals surface area contributed by atoms with E-state index in [2.05, 4.69) is 0 Å². The fourth-order valence-electron chi connectivity index (χ4n) is 1.83. The molecule has 0 atom stereocenters. The van der Waals surface area contributed by atoms with Crippen LogP contribution in [0.1, 0.15) is 11.1 Å². The van der Waals surface area contributed by atoms with E-state index in [1.54, 1.807) is 13.2 Å². The number of hydrogen-bond acceptors (Lipinski definition) is 3. The molecule has 2 aromatic rings. The lowest BCUT2D eigenvalue weighted by molar-refractivity contribution is 0.284. The van der Waals surface area contributed by atoms with Crippen molar-refractivity contribution in [2.45, 2.75) is 6.61 Å². The van der Waals surface area contributed by atoms with Crippen molar-refractivity contribution in [3.63, 3.8) is 0 Å². The highest BCUT2D eigenvalue weighted by Gasteiger charge is 2.05. The Bertz CT molecular complexity index is 562. The second-order valence-electron chi connectivity index (χ2n) is 4.27. The van der Waals surface area contributed by atoms with Crippen LogP contribution in [-0.2, 0) is 6.61 Å². The summed E-state index contributed by atoms with van der Waals surface area (Å²) in [6.45, 7) is 0.525. The van der Waals surface area contributed by atoms with Crippen molar-refractivity contribution in [3.05, 3.63) is 65.7 Å². The van der Waals surface area contributed by atoms with Gasteiger partial charge >= 0.3 is 0 Å². The van der Waals surface area contributed by atoms with E-state index < -0.39 is 0 Å². The molecule has 0 saturated heterocycles. The Morgan fingerprint density at radius 3 is 2.55 bits per heavy atom. The van der Waals surface area contributed by atoms with Crippen molar-refractivity contribution < 1.29 is 14.6 Å². The molecular weight excluding hydrogens is 252 g/mol. The zero-order valence-electron chi connectivity index (χ0n) is 11.5. The molecule has 0 unspecified atom stereocenters. The van der Waals surface area contributed by atoms with Crippen molar-refractivity contribution in [2.75, 3.05) is 13.7 Å². The van der Waals surface area contributed by atoms with Gasteiger partial charge in [-0.3, -0.25) is 0 Å². The lowest BCUT2D eigenvalue weighted by Gasteiger charge is -2.11. The molecule has 0 spiro atoms. The molecule has 0 amide bonds. The van der Waals surface area contributed by atoms with Crippen LogP contribution >= 0.6 is 0 Å². The Hall–Kier alpha value is -2.26. The van der Waals surface area contributed by atoms with Gasteiger partial charge in [0.15, 0.2) is 11.5 Å². The van der Waals surface area contributed by atoms with Crippen LogP contribution in [0.4, 0.5) is 0 Å². The first kappa shape index (κ1) is 14.2. The summed E-state index contributed by atoms with van der Waals surface area (Å²) in [6, 6.07) is 15.7.